The van der Waals surface area contributed by atoms with E-state index in [-0.39, 0.29) is 0 Å². The van der Waals surface area contributed by atoms with Crippen molar-refractivity contribution >= 4 is 0 Å². The minimum absolute atomic E-state index is 1.03. The number of aryl methyl sites for hydroxylation is 1. The monoisotopic (exact) mass is 182 g/mol. The second-order valence-corrected chi connectivity index (χ2v) is 3.16. The average molecular weight is 182 g/mol. The van der Waals surface area contributed by atoms with Crippen LogP contribution in [-0.4, -0.2) is 27.9 Å². The Balaban J connectivity index is 1.90. The van der Waals surface area contributed by atoms with Crippen LogP contribution in [0.5, 0.6) is 0 Å². The lowest BCUT2D eigenvalue weighted by Crippen LogP contribution is -2.16. The molecule has 0 aliphatic heterocycles. The van der Waals surface area contributed by atoms with Crippen molar-refractivity contribution in [2.75, 3.05) is 13.1 Å². The van der Waals surface area contributed by atoms with Crippen molar-refractivity contribution in [2.24, 2.45) is 0 Å². The van der Waals surface area contributed by atoms with Gasteiger partial charge in [-0.05, 0) is 32.4 Å². The highest BCUT2D eigenvalue weighted by atomic mass is 15.2. The molecule has 0 saturated heterocycles. The van der Waals surface area contributed by atoms with E-state index in [1.54, 1.807) is 12.7 Å². The molecule has 0 spiro atoms. The molecule has 0 saturated carbocycles. The van der Waals surface area contributed by atoms with Gasteiger partial charge in [0, 0.05) is 6.54 Å². The second kappa shape index (κ2) is 6.60. The van der Waals surface area contributed by atoms with Crippen LogP contribution in [0.25, 0.3) is 0 Å². The van der Waals surface area contributed by atoms with Crippen molar-refractivity contribution in [1.82, 2.24) is 20.1 Å². The van der Waals surface area contributed by atoms with Crippen LogP contribution in [0.4, 0.5) is 0 Å². The van der Waals surface area contributed by atoms with Crippen LogP contribution >= 0.6 is 0 Å². The molecular weight excluding hydrogens is 164 g/mol. The first-order valence-corrected chi connectivity index (χ1v) is 4.96. The summed E-state index contributed by atoms with van der Waals surface area (Å²) in [7, 11) is 0. The van der Waals surface area contributed by atoms with E-state index >= 15 is 0 Å². The van der Waals surface area contributed by atoms with Crippen LogP contribution in [0, 0.1) is 0 Å². The van der Waals surface area contributed by atoms with Gasteiger partial charge < -0.3 is 9.88 Å². The summed E-state index contributed by atoms with van der Waals surface area (Å²) in [6.07, 6.45) is 7.15. The van der Waals surface area contributed by atoms with Crippen LogP contribution in [0.15, 0.2) is 12.7 Å². The molecule has 13 heavy (non-hydrogen) atoms. The largest absolute Gasteiger partial charge is 0.320 e. The highest BCUT2D eigenvalue weighted by Crippen LogP contribution is 1.92. The van der Waals surface area contributed by atoms with Crippen LogP contribution in [0.1, 0.15) is 26.2 Å². The molecular formula is C9H18N4. The van der Waals surface area contributed by atoms with Crippen LogP contribution in [0.3, 0.4) is 0 Å². The molecule has 0 amide bonds. The van der Waals surface area contributed by atoms with Gasteiger partial charge in [0.25, 0.3) is 0 Å². The summed E-state index contributed by atoms with van der Waals surface area (Å²) in [5.74, 6) is 0. The molecule has 0 bridgehead atoms. The molecule has 0 fully saturated rings. The first kappa shape index (κ1) is 10.2. The van der Waals surface area contributed by atoms with Gasteiger partial charge in [-0.1, -0.05) is 6.92 Å². The SMILES string of the molecule is CCCNCCCCn1cnnc1. The summed E-state index contributed by atoms with van der Waals surface area (Å²) in [5, 5.41) is 10.9. The molecule has 0 atom stereocenters. The molecule has 4 heteroatoms. The summed E-state index contributed by atoms with van der Waals surface area (Å²) in [6, 6.07) is 0. The van der Waals surface area contributed by atoms with Crippen molar-refractivity contribution in [1.29, 1.82) is 0 Å². The predicted molar refractivity (Wildman–Crippen MR) is 52.4 cm³/mol. The molecule has 0 aromatic carbocycles. The molecule has 0 aliphatic carbocycles. The minimum atomic E-state index is 1.03. The predicted octanol–water partition coefficient (Wildman–Crippen LogP) is 1.06. The summed E-state index contributed by atoms with van der Waals surface area (Å²) in [6.45, 7) is 5.47. The Morgan fingerprint density at radius 2 is 1.92 bits per heavy atom. The van der Waals surface area contributed by atoms with E-state index in [1.165, 1.54) is 19.3 Å². The quantitative estimate of drug-likeness (QED) is 0.641. The van der Waals surface area contributed by atoms with E-state index in [4.69, 9.17) is 0 Å². The number of aromatic nitrogens is 3. The van der Waals surface area contributed by atoms with E-state index in [0.29, 0.717) is 0 Å². The van der Waals surface area contributed by atoms with Gasteiger partial charge in [0.2, 0.25) is 0 Å². The summed E-state index contributed by atoms with van der Waals surface area (Å²) < 4.78 is 2.01. The number of nitrogens with zero attached hydrogens (tertiary/aromatic N) is 3. The first-order chi connectivity index (χ1) is 6.43. The maximum absolute atomic E-state index is 3.75. The Kier molecular flexibility index (Phi) is 5.17. The van der Waals surface area contributed by atoms with Crippen LogP contribution < -0.4 is 5.32 Å². The topological polar surface area (TPSA) is 42.7 Å². The first-order valence-electron chi connectivity index (χ1n) is 4.96. The van der Waals surface area contributed by atoms with Crippen molar-refractivity contribution in [3.05, 3.63) is 12.7 Å². The van der Waals surface area contributed by atoms with Crippen molar-refractivity contribution in [2.45, 2.75) is 32.7 Å². The van der Waals surface area contributed by atoms with E-state index in [1.807, 2.05) is 4.57 Å². The third kappa shape index (κ3) is 4.62. The smallest absolute Gasteiger partial charge is 0.119 e. The summed E-state index contributed by atoms with van der Waals surface area (Å²) in [4.78, 5) is 0. The highest BCUT2D eigenvalue weighted by molar-refractivity contribution is 4.60. The lowest BCUT2D eigenvalue weighted by Gasteiger charge is -2.02. The van der Waals surface area contributed by atoms with Crippen molar-refractivity contribution < 1.29 is 0 Å². The lowest BCUT2D eigenvalue weighted by atomic mass is 10.3. The zero-order chi connectivity index (χ0) is 9.36. The molecule has 1 heterocycles. The molecule has 1 aromatic heterocycles. The number of rotatable bonds is 7. The molecule has 1 rings (SSSR count). The Morgan fingerprint density at radius 3 is 2.62 bits per heavy atom. The number of unbranched alkanes of at least 4 members (excludes halogenated alkanes) is 1. The maximum atomic E-state index is 3.75. The Hall–Kier alpha value is -0.900. The van der Waals surface area contributed by atoms with Gasteiger partial charge in [-0.25, -0.2) is 0 Å². The molecule has 1 N–H and O–H groups in total. The molecule has 0 unspecified atom stereocenters. The molecule has 1 aromatic rings. The van der Waals surface area contributed by atoms with Gasteiger partial charge in [0.05, 0.1) is 0 Å². The third-order valence-electron chi connectivity index (χ3n) is 1.91. The van der Waals surface area contributed by atoms with Crippen molar-refractivity contribution in [3.8, 4) is 0 Å². The van der Waals surface area contributed by atoms with Gasteiger partial charge in [-0.15, -0.1) is 10.2 Å². The zero-order valence-corrected chi connectivity index (χ0v) is 8.24. The number of hydrogen-bond acceptors (Lipinski definition) is 3. The van der Waals surface area contributed by atoms with Gasteiger partial charge in [0.15, 0.2) is 0 Å². The molecule has 74 valence electrons. The summed E-state index contributed by atoms with van der Waals surface area (Å²) >= 11 is 0. The number of nitrogens with one attached hydrogen (secondary N) is 1. The van der Waals surface area contributed by atoms with Gasteiger partial charge >= 0.3 is 0 Å². The molecule has 4 nitrogen and oxygen atoms in total. The fraction of sp³-hybridized carbons (Fsp3) is 0.778. The third-order valence-corrected chi connectivity index (χ3v) is 1.91. The van der Waals surface area contributed by atoms with E-state index in [0.717, 1.165) is 19.6 Å². The second-order valence-electron chi connectivity index (χ2n) is 3.16. The Labute approximate surface area is 79.4 Å². The zero-order valence-electron chi connectivity index (χ0n) is 8.24. The van der Waals surface area contributed by atoms with E-state index in [2.05, 4.69) is 22.4 Å². The van der Waals surface area contributed by atoms with Gasteiger partial charge in [0.1, 0.15) is 12.7 Å². The molecule has 0 radical (unpaired) electrons. The maximum Gasteiger partial charge on any atom is 0.119 e. The fourth-order valence-electron chi connectivity index (χ4n) is 1.18. The average Bonchev–Trinajstić information content (AvgIpc) is 2.63. The standard InChI is InChI=1S/C9H18N4/c1-2-5-10-6-3-4-7-13-8-11-12-9-13/h8-10H,2-7H2,1H3. The van der Waals surface area contributed by atoms with Crippen molar-refractivity contribution in [3.63, 3.8) is 0 Å². The highest BCUT2D eigenvalue weighted by Gasteiger charge is 1.90. The minimum Gasteiger partial charge on any atom is -0.320 e. The lowest BCUT2D eigenvalue weighted by molar-refractivity contribution is 0.566. The molecule has 0 aliphatic rings. The summed E-state index contributed by atoms with van der Waals surface area (Å²) in [5.41, 5.74) is 0. The van der Waals surface area contributed by atoms with Gasteiger partial charge in [-0.2, -0.15) is 0 Å². The fourth-order valence-corrected chi connectivity index (χ4v) is 1.18. The number of hydrogen-bond donors (Lipinski definition) is 1. The van der Waals surface area contributed by atoms with Crippen LogP contribution in [0.2, 0.25) is 0 Å². The van der Waals surface area contributed by atoms with E-state index < -0.39 is 0 Å². The Morgan fingerprint density at radius 1 is 1.15 bits per heavy atom. The normalized spacial score (nSPS) is 10.5. The van der Waals surface area contributed by atoms with E-state index in [9.17, 15) is 0 Å². The van der Waals surface area contributed by atoms with Crippen LogP contribution in [-0.2, 0) is 6.54 Å². The van der Waals surface area contributed by atoms with Gasteiger partial charge in [-0.3, -0.25) is 0 Å². The Bertz CT molecular complexity index is 195.